The first-order valence-electron chi connectivity index (χ1n) is 11.4. The summed E-state index contributed by atoms with van der Waals surface area (Å²) in [4.78, 5) is 2.18. The van der Waals surface area contributed by atoms with Crippen LogP contribution in [-0.2, 0) is 0 Å². The molecule has 1 aliphatic heterocycles. The molecule has 0 amide bonds. The first kappa shape index (κ1) is 22.9. The zero-order chi connectivity index (χ0) is 18.2. The molecule has 1 heterocycles. The molecule has 2 atom stereocenters. The molecule has 2 N–H and O–H groups in total. The summed E-state index contributed by atoms with van der Waals surface area (Å²) in [6.45, 7) is 6.18. The van der Waals surface area contributed by atoms with Gasteiger partial charge in [0.15, 0.2) is 0 Å². The molecule has 0 aromatic heterocycles. The molecule has 0 aliphatic carbocycles. The lowest BCUT2D eigenvalue weighted by atomic mass is 10.0. The van der Waals surface area contributed by atoms with Gasteiger partial charge < -0.3 is 10.4 Å². The molecule has 3 heteroatoms. The molecule has 1 fully saturated rings. The number of aliphatic hydroxyl groups is 1. The fourth-order valence-electron chi connectivity index (χ4n) is 4.06. The summed E-state index contributed by atoms with van der Waals surface area (Å²) in [6.07, 6.45) is 22.6. The molecule has 0 saturated carbocycles. The highest BCUT2D eigenvalue weighted by atomic mass is 16.3. The van der Waals surface area contributed by atoms with Crippen LogP contribution in [0.15, 0.2) is 0 Å². The Balaban J connectivity index is 1.76. The highest BCUT2D eigenvalue weighted by Crippen LogP contribution is 2.16. The van der Waals surface area contributed by atoms with E-state index in [-0.39, 0.29) is 6.23 Å². The van der Waals surface area contributed by atoms with Crippen LogP contribution in [-0.4, -0.2) is 35.5 Å². The monoisotopic (exact) mass is 354 g/mol. The van der Waals surface area contributed by atoms with E-state index in [4.69, 9.17) is 0 Å². The van der Waals surface area contributed by atoms with E-state index in [1.807, 2.05) is 6.92 Å². The van der Waals surface area contributed by atoms with Crippen LogP contribution in [0, 0.1) is 0 Å². The minimum absolute atomic E-state index is 0.309. The van der Waals surface area contributed by atoms with E-state index < -0.39 is 0 Å². The van der Waals surface area contributed by atoms with Crippen molar-refractivity contribution < 1.29 is 5.11 Å². The average Bonchev–Trinajstić information content (AvgIpc) is 3.07. The van der Waals surface area contributed by atoms with Gasteiger partial charge in [-0.15, -0.1) is 0 Å². The van der Waals surface area contributed by atoms with E-state index in [0.717, 1.165) is 13.1 Å². The minimum Gasteiger partial charge on any atom is -0.379 e. The molecule has 3 nitrogen and oxygen atoms in total. The van der Waals surface area contributed by atoms with Crippen LogP contribution in [0.4, 0.5) is 0 Å². The Kier molecular flexibility index (Phi) is 14.7. The Bertz CT molecular complexity index is 283. The summed E-state index contributed by atoms with van der Waals surface area (Å²) in [6, 6.07) is 0. The smallest absolute Gasteiger partial charge is 0.105 e. The molecule has 0 aromatic carbocycles. The van der Waals surface area contributed by atoms with Gasteiger partial charge in [-0.05, 0) is 13.3 Å². The van der Waals surface area contributed by atoms with Crippen molar-refractivity contribution in [3.8, 4) is 0 Å². The Labute approximate surface area is 158 Å². The highest BCUT2D eigenvalue weighted by molar-refractivity contribution is 4.78. The lowest BCUT2D eigenvalue weighted by Gasteiger charge is -2.26. The number of hydrogen-bond donors (Lipinski definition) is 2. The lowest BCUT2D eigenvalue weighted by molar-refractivity contribution is 0.00403. The molecule has 150 valence electrons. The van der Waals surface area contributed by atoms with Crippen molar-refractivity contribution >= 4 is 0 Å². The number of hydrogen-bond acceptors (Lipinski definition) is 3. The van der Waals surface area contributed by atoms with Crippen molar-refractivity contribution in [3.63, 3.8) is 0 Å². The van der Waals surface area contributed by atoms with E-state index in [2.05, 4.69) is 17.1 Å². The summed E-state index contributed by atoms with van der Waals surface area (Å²) in [5, 5.41) is 13.2. The van der Waals surface area contributed by atoms with Crippen LogP contribution in [0.2, 0.25) is 0 Å². The van der Waals surface area contributed by atoms with Gasteiger partial charge >= 0.3 is 0 Å². The zero-order valence-corrected chi connectivity index (χ0v) is 17.3. The van der Waals surface area contributed by atoms with E-state index in [0.29, 0.717) is 6.17 Å². The van der Waals surface area contributed by atoms with Crippen molar-refractivity contribution in [3.05, 3.63) is 0 Å². The SMILES string of the molecule is CCCCCCCCCCCCCCCCCC1NCCN1C(C)O. The van der Waals surface area contributed by atoms with Crippen molar-refractivity contribution in [2.75, 3.05) is 13.1 Å². The van der Waals surface area contributed by atoms with Crippen LogP contribution >= 0.6 is 0 Å². The van der Waals surface area contributed by atoms with Crippen molar-refractivity contribution in [2.24, 2.45) is 0 Å². The maximum atomic E-state index is 9.73. The largest absolute Gasteiger partial charge is 0.379 e. The fourth-order valence-corrected chi connectivity index (χ4v) is 4.06. The fraction of sp³-hybridized carbons (Fsp3) is 1.00. The van der Waals surface area contributed by atoms with Crippen molar-refractivity contribution in [1.82, 2.24) is 10.2 Å². The molecule has 2 unspecified atom stereocenters. The highest BCUT2D eigenvalue weighted by Gasteiger charge is 2.25. The van der Waals surface area contributed by atoms with Crippen LogP contribution in [0.5, 0.6) is 0 Å². The van der Waals surface area contributed by atoms with E-state index in [1.165, 1.54) is 103 Å². The van der Waals surface area contributed by atoms with Crippen LogP contribution in [0.1, 0.15) is 117 Å². The summed E-state index contributed by atoms with van der Waals surface area (Å²) < 4.78 is 0. The number of aliphatic hydroxyl groups excluding tert-OH is 1. The van der Waals surface area contributed by atoms with Gasteiger partial charge in [-0.25, -0.2) is 0 Å². The number of nitrogens with one attached hydrogen (secondary N) is 1. The van der Waals surface area contributed by atoms with Crippen molar-refractivity contribution in [2.45, 2.75) is 129 Å². The first-order chi connectivity index (χ1) is 12.3. The van der Waals surface area contributed by atoms with E-state index >= 15 is 0 Å². The van der Waals surface area contributed by atoms with Crippen LogP contribution in [0.3, 0.4) is 0 Å². The first-order valence-corrected chi connectivity index (χ1v) is 11.4. The van der Waals surface area contributed by atoms with E-state index in [9.17, 15) is 5.11 Å². The number of unbranched alkanes of at least 4 members (excludes halogenated alkanes) is 14. The normalized spacial score (nSPS) is 19.6. The molecule has 1 aliphatic rings. The van der Waals surface area contributed by atoms with Gasteiger partial charge in [0.25, 0.3) is 0 Å². The molecule has 25 heavy (non-hydrogen) atoms. The summed E-state index contributed by atoms with van der Waals surface area (Å²) in [5.41, 5.74) is 0. The third kappa shape index (κ3) is 12.0. The van der Waals surface area contributed by atoms with E-state index in [1.54, 1.807) is 0 Å². The number of nitrogens with zero attached hydrogens (tertiary/aromatic N) is 1. The predicted octanol–water partition coefficient (Wildman–Crippen LogP) is 5.82. The standard InChI is InChI=1S/C22H46N2O/c1-3-4-5-6-7-8-9-10-11-12-13-14-15-16-17-18-22-23-19-20-24(22)21(2)25/h21-23,25H,3-20H2,1-2H3. The average molecular weight is 355 g/mol. The summed E-state index contributed by atoms with van der Waals surface area (Å²) in [5.74, 6) is 0. The van der Waals surface area contributed by atoms with Crippen LogP contribution in [0.25, 0.3) is 0 Å². The molecular weight excluding hydrogens is 308 g/mol. The van der Waals surface area contributed by atoms with Gasteiger partial charge in [0.2, 0.25) is 0 Å². The zero-order valence-electron chi connectivity index (χ0n) is 17.3. The Morgan fingerprint density at radius 3 is 1.68 bits per heavy atom. The topological polar surface area (TPSA) is 35.5 Å². The third-order valence-electron chi connectivity index (χ3n) is 5.71. The second kappa shape index (κ2) is 16.1. The second-order valence-corrected chi connectivity index (χ2v) is 8.08. The quantitative estimate of drug-likeness (QED) is 0.323. The molecule has 0 bridgehead atoms. The Hall–Kier alpha value is -0.120. The van der Waals surface area contributed by atoms with Gasteiger partial charge in [-0.3, -0.25) is 4.90 Å². The molecule has 1 saturated heterocycles. The Morgan fingerprint density at radius 1 is 0.800 bits per heavy atom. The predicted molar refractivity (Wildman–Crippen MR) is 110 cm³/mol. The van der Waals surface area contributed by atoms with Gasteiger partial charge in [-0.2, -0.15) is 0 Å². The molecule has 1 rings (SSSR count). The number of rotatable bonds is 17. The third-order valence-corrected chi connectivity index (χ3v) is 5.71. The molecule has 0 aromatic rings. The van der Waals surface area contributed by atoms with Gasteiger partial charge in [0.05, 0.1) is 6.17 Å². The Morgan fingerprint density at radius 2 is 1.24 bits per heavy atom. The van der Waals surface area contributed by atoms with Gasteiger partial charge in [0.1, 0.15) is 6.23 Å². The van der Waals surface area contributed by atoms with Gasteiger partial charge in [0, 0.05) is 13.1 Å². The molecule has 0 radical (unpaired) electrons. The van der Waals surface area contributed by atoms with Gasteiger partial charge in [-0.1, -0.05) is 103 Å². The maximum absolute atomic E-state index is 9.73. The van der Waals surface area contributed by atoms with Crippen LogP contribution < -0.4 is 5.32 Å². The second-order valence-electron chi connectivity index (χ2n) is 8.08. The summed E-state index contributed by atoms with van der Waals surface area (Å²) >= 11 is 0. The minimum atomic E-state index is -0.309. The maximum Gasteiger partial charge on any atom is 0.105 e. The lowest BCUT2D eigenvalue weighted by Crippen LogP contribution is -2.41. The van der Waals surface area contributed by atoms with Crippen molar-refractivity contribution in [1.29, 1.82) is 0 Å². The molecule has 0 spiro atoms. The molecular formula is C22H46N2O. The summed E-state index contributed by atoms with van der Waals surface area (Å²) in [7, 11) is 0.